The van der Waals surface area contributed by atoms with Gasteiger partial charge in [0.1, 0.15) is 18.3 Å². The van der Waals surface area contributed by atoms with Crippen molar-refractivity contribution in [3.8, 4) is 0 Å². The van der Waals surface area contributed by atoms with Gasteiger partial charge in [-0.25, -0.2) is 4.79 Å². The Morgan fingerprint density at radius 2 is 2.32 bits per heavy atom. The van der Waals surface area contributed by atoms with Crippen LogP contribution in [0.25, 0.3) is 0 Å². The number of aliphatic hydroxyl groups excluding tert-OH is 1. The number of aromatic nitrogens is 2. The van der Waals surface area contributed by atoms with E-state index in [0.717, 1.165) is 4.57 Å². The van der Waals surface area contributed by atoms with Crippen LogP contribution in [0, 0.1) is 0 Å². The smallest absolute Gasteiger partial charge is 0.387 e. The lowest BCUT2D eigenvalue weighted by molar-refractivity contribution is -0.211. The number of fused-ring (bicyclic) bond motifs is 2. The highest BCUT2D eigenvalue weighted by Gasteiger charge is 2.69. The Labute approximate surface area is 125 Å². The largest absolute Gasteiger partial charge is 0.504 e. The van der Waals surface area contributed by atoms with Crippen LogP contribution in [0.2, 0.25) is 0 Å². The lowest BCUT2D eigenvalue weighted by Crippen LogP contribution is -2.45. The van der Waals surface area contributed by atoms with Gasteiger partial charge >= 0.3 is 13.7 Å². The van der Waals surface area contributed by atoms with E-state index in [1.165, 1.54) is 18.9 Å². The predicted octanol–water partition coefficient (Wildman–Crippen LogP) is -0.657. The summed E-state index contributed by atoms with van der Waals surface area (Å²) in [6.07, 6.45) is -0.722. The first-order valence-electron chi connectivity index (χ1n) is 6.64. The molecule has 5 atom stereocenters. The number of hydrogen-bond acceptors (Lipinski definition) is 7. The van der Waals surface area contributed by atoms with E-state index in [-0.39, 0.29) is 13.2 Å². The highest BCUT2D eigenvalue weighted by atomic mass is 31.1. The Hall–Kier alpha value is -1.38. The summed E-state index contributed by atoms with van der Waals surface area (Å²) in [7, 11) is -1.86. The van der Waals surface area contributed by atoms with Gasteiger partial charge in [0, 0.05) is 12.3 Å². The Bertz CT molecular complexity index is 731. The van der Waals surface area contributed by atoms with Crippen LogP contribution in [0.5, 0.6) is 0 Å². The van der Waals surface area contributed by atoms with Crippen molar-refractivity contribution in [2.24, 2.45) is 0 Å². The number of nitrogens with zero attached hydrogens (tertiary/aromatic N) is 1. The molecule has 9 nitrogen and oxygen atoms in total. The van der Waals surface area contributed by atoms with Crippen molar-refractivity contribution >= 4 is 8.03 Å². The average Bonchev–Trinajstić information content (AvgIpc) is 2.82. The minimum Gasteiger partial charge on any atom is -0.387 e. The Morgan fingerprint density at radius 1 is 1.59 bits per heavy atom. The molecule has 0 amide bonds. The van der Waals surface area contributed by atoms with Crippen LogP contribution in [-0.4, -0.2) is 51.8 Å². The summed E-state index contributed by atoms with van der Waals surface area (Å²) in [5, 5.41) is 10.5. The summed E-state index contributed by atoms with van der Waals surface area (Å²) in [6.45, 7) is 2.94. The van der Waals surface area contributed by atoms with E-state index in [2.05, 4.69) is 4.98 Å². The fourth-order valence-electron chi connectivity index (χ4n) is 2.90. The van der Waals surface area contributed by atoms with Crippen LogP contribution in [0.4, 0.5) is 0 Å². The molecular weight excluding hydrogens is 315 g/mol. The monoisotopic (exact) mass is 331 g/mol. The van der Waals surface area contributed by atoms with Gasteiger partial charge < -0.3 is 14.6 Å². The zero-order chi connectivity index (χ0) is 16.1. The average molecular weight is 331 g/mol. The van der Waals surface area contributed by atoms with Gasteiger partial charge in [-0.2, -0.15) is 0 Å². The number of nitrogens with one attached hydrogen (secondary N) is 1. The van der Waals surface area contributed by atoms with Gasteiger partial charge in [-0.15, -0.1) is 4.52 Å². The van der Waals surface area contributed by atoms with Crippen LogP contribution >= 0.6 is 8.03 Å². The molecule has 120 valence electrons. The van der Waals surface area contributed by atoms with E-state index < -0.39 is 42.8 Å². The molecule has 2 N–H and O–H groups in total. The molecule has 2 aliphatic rings. The molecule has 22 heavy (non-hydrogen) atoms. The third-order valence-corrected chi connectivity index (χ3v) is 4.59. The second kappa shape index (κ2) is 5.07. The third kappa shape index (κ3) is 2.17. The lowest BCUT2D eigenvalue weighted by atomic mass is 9.92. The molecule has 3 heterocycles. The van der Waals surface area contributed by atoms with Crippen molar-refractivity contribution in [1.29, 1.82) is 0 Å². The van der Waals surface area contributed by atoms with E-state index in [4.69, 9.17) is 14.0 Å². The maximum absolute atomic E-state index is 11.9. The minimum absolute atomic E-state index is 0.0580. The second-order valence-electron chi connectivity index (χ2n) is 5.64. The summed E-state index contributed by atoms with van der Waals surface area (Å²) in [6, 6.07) is 1.18. The van der Waals surface area contributed by atoms with Crippen molar-refractivity contribution in [2.75, 3.05) is 19.9 Å². The van der Waals surface area contributed by atoms with E-state index in [1.54, 1.807) is 6.92 Å². The molecule has 1 aromatic heterocycles. The first kappa shape index (κ1) is 15.5. The molecule has 2 saturated heterocycles. The Kier molecular flexibility index (Phi) is 3.58. The van der Waals surface area contributed by atoms with Crippen molar-refractivity contribution in [3.05, 3.63) is 33.1 Å². The summed E-state index contributed by atoms with van der Waals surface area (Å²) in [5.74, 6) is 0. The highest BCUT2D eigenvalue weighted by Crippen LogP contribution is 2.52. The van der Waals surface area contributed by atoms with Crippen molar-refractivity contribution in [1.82, 2.24) is 9.55 Å². The maximum Gasteiger partial charge on any atom is 0.504 e. The van der Waals surface area contributed by atoms with Crippen LogP contribution in [0.3, 0.4) is 0 Å². The third-order valence-electron chi connectivity index (χ3n) is 4.10. The zero-order valence-electron chi connectivity index (χ0n) is 12.0. The highest BCUT2D eigenvalue weighted by molar-refractivity contribution is 7.38. The summed E-state index contributed by atoms with van der Waals surface area (Å²) in [4.78, 5) is 25.2. The SMILES string of the molecule is C[P+](=O)OC[C@]12CO[C@](C)([C@@H]1O)[C@H](n1ccc(=O)[nH]c1=O)O2. The van der Waals surface area contributed by atoms with Crippen molar-refractivity contribution in [3.63, 3.8) is 0 Å². The standard InChI is InChI=1S/C12H15N2O7P/c1-11-8(16)12(5-19-11,6-20-22(2)18)21-9(11)14-4-3-7(15)13-10(14)17/h3-4,8-9,16H,5-6H2,1-2H3/p+1/t8-,9+,11+,12+/m0/s1. The van der Waals surface area contributed by atoms with Gasteiger partial charge in [0.05, 0.1) is 6.61 Å². The topological polar surface area (TPSA) is 120 Å². The van der Waals surface area contributed by atoms with Crippen molar-refractivity contribution < 1.29 is 23.7 Å². The zero-order valence-corrected chi connectivity index (χ0v) is 12.9. The van der Waals surface area contributed by atoms with Gasteiger partial charge in [-0.3, -0.25) is 14.3 Å². The molecular formula is C12H16N2O7P+. The summed E-state index contributed by atoms with van der Waals surface area (Å²) >= 11 is 0. The Balaban J connectivity index is 1.97. The number of aliphatic hydroxyl groups is 1. The first-order chi connectivity index (χ1) is 10.3. The molecule has 1 aromatic rings. The van der Waals surface area contributed by atoms with Gasteiger partial charge in [-0.05, 0) is 11.5 Å². The van der Waals surface area contributed by atoms with Crippen LogP contribution in [-0.2, 0) is 18.6 Å². The summed E-state index contributed by atoms with van der Waals surface area (Å²) < 4.78 is 28.9. The number of ether oxygens (including phenoxy) is 2. The molecule has 0 saturated carbocycles. The fraction of sp³-hybridized carbons (Fsp3) is 0.667. The molecule has 0 aromatic carbocycles. The van der Waals surface area contributed by atoms with E-state index in [9.17, 15) is 19.3 Å². The van der Waals surface area contributed by atoms with Crippen LogP contribution < -0.4 is 11.2 Å². The number of H-pyrrole nitrogens is 1. The van der Waals surface area contributed by atoms with Crippen LogP contribution in [0.15, 0.2) is 21.9 Å². The predicted molar refractivity (Wildman–Crippen MR) is 74.0 cm³/mol. The Morgan fingerprint density at radius 3 is 2.95 bits per heavy atom. The first-order valence-corrected chi connectivity index (χ1v) is 8.26. The van der Waals surface area contributed by atoms with Gasteiger partial charge in [0.2, 0.25) is 0 Å². The maximum atomic E-state index is 11.9. The molecule has 10 heteroatoms. The van der Waals surface area contributed by atoms with E-state index in [1.807, 2.05) is 0 Å². The van der Waals surface area contributed by atoms with Gasteiger partial charge in [-0.1, -0.05) is 0 Å². The molecule has 0 spiro atoms. The van der Waals surface area contributed by atoms with E-state index in [0.29, 0.717) is 0 Å². The lowest BCUT2D eigenvalue weighted by Gasteiger charge is -2.33. The molecule has 2 aliphatic heterocycles. The van der Waals surface area contributed by atoms with Crippen LogP contribution in [0.1, 0.15) is 13.2 Å². The fourth-order valence-corrected chi connectivity index (χ4v) is 3.30. The minimum atomic E-state index is -1.86. The number of hydrogen-bond donors (Lipinski definition) is 2. The quantitative estimate of drug-likeness (QED) is 0.703. The molecule has 2 fully saturated rings. The molecule has 0 aliphatic carbocycles. The van der Waals surface area contributed by atoms with Gasteiger partial charge in [0.15, 0.2) is 18.5 Å². The summed E-state index contributed by atoms with van der Waals surface area (Å²) in [5.41, 5.74) is -3.57. The molecule has 3 rings (SSSR count). The normalized spacial score (nSPS) is 37.5. The second-order valence-corrected chi connectivity index (χ2v) is 6.78. The van der Waals surface area contributed by atoms with E-state index >= 15 is 0 Å². The molecule has 2 bridgehead atoms. The molecule has 1 unspecified atom stereocenters. The number of aromatic amines is 1. The van der Waals surface area contributed by atoms with Crippen molar-refractivity contribution in [2.45, 2.75) is 30.5 Å². The number of rotatable bonds is 4. The molecule has 0 radical (unpaired) electrons. The van der Waals surface area contributed by atoms with Gasteiger partial charge in [0.25, 0.3) is 5.56 Å².